The molecule has 0 bridgehead atoms. The van der Waals surface area contributed by atoms with Crippen molar-refractivity contribution in [2.75, 3.05) is 27.2 Å². The van der Waals surface area contributed by atoms with Crippen molar-refractivity contribution < 1.29 is 17.6 Å². The Morgan fingerprint density at radius 3 is 2.48 bits per heavy atom. The van der Waals surface area contributed by atoms with Gasteiger partial charge in [0.25, 0.3) is 5.91 Å². The van der Waals surface area contributed by atoms with Gasteiger partial charge < -0.3 is 9.32 Å². The molecule has 25 heavy (non-hydrogen) atoms. The minimum atomic E-state index is -3.52. The third kappa shape index (κ3) is 3.18. The van der Waals surface area contributed by atoms with E-state index in [1.54, 1.807) is 43.5 Å². The monoisotopic (exact) mass is 364 g/mol. The van der Waals surface area contributed by atoms with Crippen molar-refractivity contribution in [2.45, 2.75) is 31.6 Å². The van der Waals surface area contributed by atoms with Crippen LogP contribution in [0.3, 0.4) is 0 Å². The normalized spacial score (nSPS) is 17.1. The Balaban J connectivity index is 2.01. The maximum atomic E-state index is 12.9. The molecule has 2 heterocycles. The van der Waals surface area contributed by atoms with Crippen LogP contribution >= 0.6 is 0 Å². The quantitative estimate of drug-likeness (QED) is 0.840. The first kappa shape index (κ1) is 17.9. The number of amides is 1. The second-order valence-corrected chi connectivity index (χ2v) is 8.94. The zero-order valence-corrected chi connectivity index (χ0v) is 15.9. The van der Waals surface area contributed by atoms with E-state index in [1.165, 1.54) is 4.90 Å². The van der Waals surface area contributed by atoms with Gasteiger partial charge in [0.15, 0.2) is 5.76 Å². The molecule has 1 aliphatic rings. The highest BCUT2D eigenvalue weighted by Gasteiger charge is 2.29. The first-order valence-electron chi connectivity index (χ1n) is 8.46. The summed E-state index contributed by atoms with van der Waals surface area (Å²) in [6.07, 6.45) is 1.77. The van der Waals surface area contributed by atoms with E-state index in [2.05, 4.69) is 6.92 Å². The van der Waals surface area contributed by atoms with Gasteiger partial charge in [-0.3, -0.25) is 4.79 Å². The largest absolute Gasteiger partial charge is 0.451 e. The molecule has 1 aliphatic heterocycles. The van der Waals surface area contributed by atoms with E-state index in [0.717, 1.165) is 12.8 Å². The van der Waals surface area contributed by atoms with Crippen LogP contribution in [0.1, 0.15) is 35.9 Å². The van der Waals surface area contributed by atoms with Gasteiger partial charge >= 0.3 is 0 Å². The third-order valence-electron chi connectivity index (χ3n) is 4.89. The molecule has 0 N–H and O–H groups in total. The molecule has 1 aromatic carbocycles. The van der Waals surface area contributed by atoms with Gasteiger partial charge in [-0.1, -0.05) is 6.92 Å². The van der Waals surface area contributed by atoms with E-state index in [9.17, 15) is 13.2 Å². The van der Waals surface area contributed by atoms with Crippen LogP contribution in [0.15, 0.2) is 27.5 Å². The van der Waals surface area contributed by atoms with Gasteiger partial charge in [-0.05, 0) is 43.9 Å². The van der Waals surface area contributed by atoms with Gasteiger partial charge in [-0.25, -0.2) is 8.42 Å². The van der Waals surface area contributed by atoms with Gasteiger partial charge in [0, 0.05) is 38.1 Å². The highest BCUT2D eigenvalue weighted by atomic mass is 32.2. The number of carbonyl (C=O) groups excluding carboxylic acids is 1. The Bertz CT molecular complexity index is 907. The predicted molar refractivity (Wildman–Crippen MR) is 96.1 cm³/mol. The smallest absolute Gasteiger partial charge is 0.289 e. The van der Waals surface area contributed by atoms with Crippen LogP contribution in [0.5, 0.6) is 0 Å². The molecule has 136 valence electrons. The molecule has 6 nitrogen and oxygen atoms in total. The van der Waals surface area contributed by atoms with Crippen LogP contribution in [0.2, 0.25) is 0 Å². The molecule has 0 radical (unpaired) electrons. The van der Waals surface area contributed by atoms with Gasteiger partial charge in [-0.15, -0.1) is 0 Å². The molecule has 0 saturated carbocycles. The molecule has 1 amide bonds. The minimum absolute atomic E-state index is 0.233. The number of rotatable bonds is 3. The number of aryl methyl sites for hydroxylation is 1. The topological polar surface area (TPSA) is 70.8 Å². The summed E-state index contributed by atoms with van der Waals surface area (Å²) in [5, 5.41) is 0.664. The number of furan rings is 1. The summed E-state index contributed by atoms with van der Waals surface area (Å²) in [7, 11) is -0.215. The number of hydrogen-bond acceptors (Lipinski definition) is 4. The minimum Gasteiger partial charge on any atom is -0.451 e. The molecule has 2 aromatic rings. The van der Waals surface area contributed by atoms with E-state index in [-0.39, 0.29) is 16.6 Å². The van der Waals surface area contributed by atoms with Crippen molar-refractivity contribution >= 4 is 26.9 Å². The van der Waals surface area contributed by atoms with Crippen LogP contribution in [-0.2, 0) is 10.0 Å². The molecular formula is C18H24N2O4S. The fourth-order valence-corrected chi connectivity index (χ4v) is 4.64. The number of sulfonamides is 1. The average molecular weight is 364 g/mol. The summed E-state index contributed by atoms with van der Waals surface area (Å²) in [5.74, 6) is 0.578. The van der Waals surface area contributed by atoms with E-state index >= 15 is 0 Å². The van der Waals surface area contributed by atoms with Crippen molar-refractivity contribution in [2.24, 2.45) is 5.92 Å². The van der Waals surface area contributed by atoms with Crippen LogP contribution in [0, 0.1) is 12.8 Å². The molecule has 0 spiro atoms. The van der Waals surface area contributed by atoms with Gasteiger partial charge in [0.05, 0.1) is 4.90 Å². The van der Waals surface area contributed by atoms with Crippen LogP contribution in [-0.4, -0.2) is 50.7 Å². The van der Waals surface area contributed by atoms with Crippen LogP contribution < -0.4 is 0 Å². The third-order valence-corrected chi connectivity index (χ3v) is 6.78. The number of nitrogens with zero attached hydrogens (tertiary/aromatic N) is 2. The van der Waals surface area contributed by atoms with E-state index in [1.807, 2.05) is 0 Å². The van der Waals surface area contributed by atoms with Crippen molar-refractivity contribution in [3.8, 4) is 0 Å². The van der Waals surface area contributed by atoms with Gasteiger partial charge in [-0.2, -0.15) is 4.31 Å². The summed E-state index contributed by atoms with van der Waals surface area (Å²) < 4.78 is 33.0. The van der Waals surface area contributed by atoms with E-state index in [0.29, 0.717) is 35.5 Å². The maximum Gasteiger partial charge on any atom is 0.289 e. The Morgan fingerprint density at radius 1 is 1.24 bits per heavy atom. The Hall–Kier alpha value is -1.86. The van der Waals surface area contributed by atoms with Crippen molar-refractivity contribution in [3.63, 3.8) is 0 Å². The second kappa shape index (κ2) is 6.46. The fourth-order valence-electron chi connectivity index (χ4n) is 3.14. The Labute approximate surface area is 148 Å². The molecule has 0 atom stereocenters. The SMILES string of the molecule is Cc1c(C(=O)N(C)C)oc2ccc(S(=O)(=O)N3CCC(C)CC3)cc12. The highest BCUT2D eigenvalue weighted by Crippen LogP contribution is 2.30. The lowest BCUT2D eigenvalue weighted by Gasteiger charge is -2.29. The Morgan fingerprint density at radius 2 is 1.88 bits per heavy atom. The van der Waals surface area contributed by atoms with Crippen LogP contribution in [0.25, 0.3) is 11.0 Å². The molecule has 0 aliphatic carbocycles. The van der Waals surface area contributed by atoms with Crippen molar-refractivity contribution in [3.05, 3.63) is 29.5 Å². The summed E-state index contributed by atoms with van der Waals surface area (Å²) in [4.78, 5) is 13.9. The standard InChI is InChI=1S/C18H24N2O4S/c1-12-7-9-20(10-8-12)25(22,23)14-5-6-16-15(11-14)13(2)17(24-16)18(21)19(3)4/h5-6,11-12H,7-10H2,1-4H3. The molecule has 0 unspecified atom stereocenters. The summed E-state index contributed by atoms with van der Waals surface area (Å²) in [6.45, 7) is 5.03. The highest BCUT2D eigenvalue weighted by molar-refractivity contribution is 7.89. The molecule has 1 saturated heterocycles. The number of carbonyl (C=O) groups is 1. The molecular weight excluding hydrogens is 340 g/mol. The lowest BCUT2D eigenvalue weighted by Crippen LogP contribution is -2.37. The van der Waals surface area contributed by atoms with Crippen molar-refractivity contribution in [1.82, 2.24) is 9.21 Å². The Kier molecular flexibility index (Phi) is 4.64. The van der Waals surface area contributed by atoms with Gasteiger partial charge in [0.1, 0.15) is 5.58 Å². The van der Waals surface area contributed by atoms with E-state index < -0.39 is 10.0 Å². The zero-order chi connectivity index (χ0) is 18.4. The predicted octanol–water partition coefficient (Wildman–Crippen LogP) is 2.86. The summed E-state index contributed by atoms with van der Waals surface area (Å²) >= 11 is 0. The first-order valence-corrected chi connectivity index (χ1v) is 9.90. The first-order chi connectivity index (χ1) is 11.7. The molecule has 7 heteroatoms. The van der Waals surface area contributed by atoms with Crippen LogP contribution in [0.4, 0.5) is 0 Å². The van der Waals surface area contributed by atoms with E-state index in [4.69, 9.17) is 4.42 Å². The van der Waals surface area contributed by atoms with Crippen molar-refractivity contribution in [1.29, 1.82) is 0 Å². The number of fused-ring (bicyclic) bond motifs is 1. The molecule has 1 fully saturated rings. The average Bonchev–Trinajstić information content (AvgIpc) is 2.91. The summed E-state index contributed by atoms with van der Waals surface area (Å²) in [5.41, 5.74) is 1.19. The lowest BCUT2D eigenvalue weighted by molar-refractivity contribution is 0.0798. The zero-order valence-electron chi connectivity index (χ0n) is 15.1. The molecule has 1 aromatic heterocycles. The molecule has 3 rings (SSSR count). The number of benzene rings is 1. The summed E-state index contributed by atoms with van der Waals surface area (Å²) in [6, 6.07) is 4.81. The fraction of sp³-hybridized carbons (Fsp3) is 0.500. The maximum absolute atomic E-state index is 12.9. The lowest BCUT2D eigenvalue weighted by atomic mass is 10.0. The second-order valence-electron chi connectivity index (χ2n) is 7.00. The number of piperidine rings is 1. The number of hydrogen-bond donors (Lipinski definition) is 0. The van der Waals surface area contributed by atoms with Gasteiger partial charge in [0.2, 0.25) is 10.0 Å².